The van der Waals surface area contributed by atoms with E-state index in [2.05, 4.69) is 55.7 Å². The highest BCUT2D eigenvalue weighted by Crippen LogP contribution is 2.21. The molecular formula is C18H28N2O. The summed E-state index contributed by atoms with van der Waals surface area (Å²) in [5.74, 6) is 0.554. The Morgan fingerprint density at radius 2 is 1.52 bits per heavy atom. The van der Waals surface area contributed by atoms with Crippen molar-refractivity contribution in [3.05, 3.63) is 29.3 Å². The number of benzene rings is 1. The van der Waals surface area contributed by atoms with Crippen molar-refractivity contribution in [1.29, 1.82) is 0 Å². The molecule has 1 heterocycles. The van der Waals surface area contributed by atoms with Gasteiger partial charge in [-0.3, -0.25) is 4.79 Å². The molecule has 1 aliphatic rings. The van der Waals surface area contributed by atoms with Gasteiger partial charge in [-0.25, -0.2) is 0 Å². The van der Waals surface area contributed by atoms with Crippen molar-refractivity contribution in [3.8, 4) is 0 Å². The molecule has 3 nitrogen and oxygen atoms in total. The number of amides is 1. The molecule has 1 aliphatic heterocycles. The molecule has 0 saturated carbocycles. The number of piperazine rings is 1. The third kappa shape index (κ3) is 3.78. The van der Waals surface area contributed by atoms with E-state index in [1.54, 1.807) is 0 Å². The summed E-state index contributed by atoms with van der Waals surface area (Å²) in [7, 11) is 0. The summed E-state index contributed by atoms with van der Waals surface area (Å²) in [6.07, 6.45) is 1.90. The molecule has 2 rings (SSSR count). The SMILES string of the molecule is CCC(CC)C(=O)N1CCN(c2cc(C)cc(C)c2)CC1. The van der Waals surface area contributed by atoms with E-state index in [9.17, 15) is 4.79 Å². The zero-order valence-corrected chi connectivity index (χ0v) is 13.9. The van der Waals surface area contributed by atoms with Crippen molar-refractivity contribution in [2.24, 2.45) is 5.92 Å². The van der Waals surface area contributed by atoms with E-state index in [1.807, 2.05) is 0 Å². The van der Waals surface area contributed by atoms with E-state index in [4.69, 9.17) is 0 Å². The summed E-state index contributed by atoms with van der Waals surface area (Å²) in [6, 6.07) is 6.69. The summed E-state index contributed by atoms with van der Waals surface area (Å²) in [4.78, 5) is 16.9. The summed E-state index contributed by atoms with van der Waals surface area (Å²) in [5.41, 5.74) is 3.91. The standard InChI is InChI=1S/C18H28N2O/c1-5-16(6-2)18(21)20-9-7-19(8-10-20)17-12-14(3)11-15(4)13-17/h11-13,16H,5-10H2,1-4H3. The average Bonchev–Trinajstić information content (AvgIpc) is 2.47. The Kier molecular flexibility index (Phi) is 5.27. The van der Waals surface area contributed by atoms with Gasteiger partial charge in [0.25, 0.3) is 0 Å². The average molecular weight is 288 g/mol. The maximum Gasteiger partial charge on any atom is 0.225 e. The minimum atomic E-state index is 0.206. The summed E-state index contributed by atoms with van der Waals surface area (Å²) >= 11 is 0. The predicted molar refractivity (Wildman–Crippen MR) is 88.8 cm³/mol. The van der Waals surface area contributed by atoms with Gasteiger partial charge >= 0.3 is 0 Å². The number of anilines is 1. The molecule has 0 atom stereocenters. The van der Waals surface area contributed by atoms with Crippen LogP contribution < -0.4 is 4.90 Å². The third-order valence-corrected chi connectivity index (χ3v) is 4.50. The van der Waals surface area contributed by atoms with Gasteiger partial charge in [0.1, 0.15) is 0 Å². The predicted octanol–water partition coefficient (Wildman–Crippen LogP) is 3.39. The third-order valence-electron chi connectivity index (χ3n) is 4.50. The van der Waals surface area contributed by atoms with E-state index in [0.717, 1.165) is 39.0 Å². The molecule has 0 aliphatic carbocycles. The molecule has 0 N–H and O–H groups in total. The Labute approximate surface area is 128 Å². The van der Waals surface area contributed by atoms with Gasteiger partial charge in [-0.2, -0.15) is 0 Å². The summed E-state index contributed by atoms with van der Waals surface area (Å²) in [6.45, 7) is 12.1. The topological polar surface area (TPSA) is 23.6 Å². The van der Waals surface area contributed by atoms with Crippen LogP contribution in [0.1, 0.15) is 37.8 Å². The largest absolute Gasteiger partial charge is 0.368 e. The molecule has 3 heteroatoms. The molecule has 0 bridgehead atoms. The van der Waals surface area contributed by atoms with Gasteiger partial charge in [0.15, 0.2) is 0 Å². The molecule has 0 aromatic heterocycles. The first kappa shape index (κ1) is 15.9. The highest BCUT2D eigenvalue weighted by molar-refractivity contribution is 5.79. The number of rotatable bonds is 4. The lowest BCUT2D eigenvalue weighted by atomic mass is 10.0. The quantitative estimate of drug-likeness (QED) is 0.848. The molecule has 1 amide bonds. The van der Waals surface area contributed by atoms with Crippen LogP contribution in [0.25, 0.3) is 0 Å². The van der Waals surface area contributed by atoms with Crippen LogP contribution in [0.2, 0.25) is 0 Å². The van der Waals surface area contributed by atoms with Crippen LogP contribution >= 0.6 is 0 Å². The maximum atomic E-state index is 12.4. The Morgan fingerprint density at radius 3 is 2.00 bits per heavy atom. The van der Waals surface area contributed by atoms with Gasteiger partial charge in [0.05, 0.1) is 0 Å². The maximum absolute atomic E-state index is 12.4. The van der Waals surface area contributed by atoms with Crippen LogP contribution in [0.15, 0.2) is 18.2 Å². The Hall–Kier alpha value is -1.51. The van der Waals surface area contributed by atoms with Crippen molar-refractivity contribution < 1.29 is 4.79 Å². The fraction of sp³-hybridized carbons (Fsp3) is 0.611. The highest BCUT2D eigenvalue weighted by Gasteiger charge is 2.25. The van der Waals surface area contributed by atoms with Crippen LogP contribution in [0, 0.1) is 19.8 Å². The summed E-state index contributed by atoms with van der Waals surface area (Å²) < 4.78 is 0. The number of hydrogen-bond donors (Lipinski definition) is 0. The van der Waals surface area contributed by atoms with Gasteiger partial charge in [-0.05, 0) is 49.9 Å². The van der Waals surface area contributed by atoms with Gasteiger partial charge in [0, 0.05) is 37.8 Å². The second-order valence-corrected chi connectivity index (χ2v) is 6.17. The minimum absolute atomic E-state index is 0.206. The minimum Gasteiger partial charge on any atom is -0.368 e. The normalized spacial score (nSPS) is 15.7. The molecule has 1 aromatic rings. The molecule has 1 saturated heterocycles. The van der Waals surface area contributed by atoms with Crippen molar-refractivity contribution in [1.82, 2.24) is 4.90 Å². The second kappa shape index (κ2) is 6.97. The van der Waals surface area contributed by atoms with E-state index in [-0.39, 0.29) is 5.92 Å². The molecule has 0 unspecified atom stereocenters. The van der Waals surface area contributed by atoms with Crippen molar-refractivity contribution in [2.45, 2.75) is 40.5 Å². The van der Waals surface area contributed by atoms with Crippen LogP contribution in [-0.4, -0.2) is 37.0 Å². The first-order valence-corrected chi connectivity index (χ1v) is 8.17. The van der Waals surface area contributed by atoms with Crippen LogP contribution in [-0.2, 0) is 4.79 Å². The van der Waals surface area contributed by atoms with Crippen LogP contribution in [0.3, 0.4) is 0 Å². The highest BCUT2D eigenvalue weighted by atomic mass is 16.2. The number of nitrogens with zero attached hydrogens (tertiary/aromatic N) is 2. The Balaban J connectivity index is 1.98. The van der Waals surface area contributed by atoms with Crippen LogP contribution in [0.4, 0.5) is 5.69 Å². The van der Waals surface area contributed by atoms with E-state index < -0.39 is 0 Å². The van der Waals surface area contributed by atoms with Crippen molar-refractivity contribution >= 4 is 11.6 Å². The zero-order chi connectivity index (χ0) is 15.4. The fourth-order valence-corrected chi connectivity index (χ4v) is 3.21. The first-order chi connectivity index (χ1) is 10.0. The lowest BCUT2D eigenvalue weighted by Gasteiger charge is -2.37. The molecule has 1 fully saturated rings. The van der Waals surface area contributed by atoms with Crippen molar-refractivity contribution in [2.75, 3.05) is 31.1 Å². The van der Waals surface area contributed by atoms with Crippen molar-refractivity contribution in [3.63, 3.8) is 0 Å². The summed E-state index contributed by atoms with van der Waals surface area (Å²) in [5, 5.41) is 0. The molecule has 21 heavy (non-hydrogen) atoms. The Morgan fingerprint density at radius 1 is 1.00 bits per heavy atom. The molecule has 116 valence electrons. The monoisotopic (exact) mass is 288 g/mol. The number of aryl methyl sites for hydroxylation is 2. The van der Waals surface area contributed by atoms with E-state index >= 15 is 0 Å². The van der Waals surface area contributed by atoms with Crippen LogP contribution in [0.5, 0.6) is 0 Å². The number of carbonyl (C=O) groups excluding carboxylic acids is 1. The zero-order valence-electron chi connectivity index (χ0n) is 13.9. The molecular weight excluding hydrogens is 260 g/mol. The van der Waals surface area contributed by atoms with E-state index in [0.29, 0.717) is 5.91 Å². The van der Waals surface area contributed by atoms with Gasteiger partial charge in [-0.1, -0.05) is 19.9 Å². The Bertz CT molecular complexity index is 466. The second-order valence-electron chi connectivity index (χ2n) is 6.17. The fourth-order valence-electron chi connectivity index (χ4n) is 3.21. The number of hydrogen-bond acceptors (Lipinski definition) is 2. The molecule has 0 spiro atoms. The lowest BCUT2D eigenvalue weighted by molar-refractivity contribution is -0.136. The van der Waals surface area contributed by atoms with E-state index in [1.165, 1.54) is 16.8 Å². The van der Waals surface area contributed by atoms with Gasteiger partial charge < -0.3 is 9.80 Å². The molecule has 0 radical (unpaired) electrons. The van der Waals surface area contributed by atoms with Gasteiger partial charge in [0.2, 0.25) is 5.91 Å². The molecule has 1 aromatic carbocycles. The lowest BCUT2D eigenvalue weighted by Crippen LogP contribution is -2.50. The van der Waals surface area contributed by atoms with Gasteiger partial charge in [-0.15, -0.1) is 0 Å². The smallest absolute Gasteiger partial charge is 0.225 e. The first-order valence-electron chi connectivity index (χ1n) is 8.17. The number of carbonyl (C=O) groups is 1.